The van der Waals surface area contributed by atoms with Gasteiger partial charge in [0.25, 0.3) is 5.56 Å². The highest BCUT2D eigenvalue weighted by Crippen LogP contribution is 2.26. The largest absolute Gasteiger partial charge is 0.457 e. The number of para-hydroxylation sites is 4. The zero-order chi connectivity index (χ0) is 17.1. The minimum absolute atomic E-state index is 0.131. The van der Waals surface area contributed by atoms with Gasteiger partial charge in [0.2, 0.25) is 0 Å². The monoisotopic (exact) mass is 328 g/mol. The molecule has 4 nitrogen and oxygen atoms in total. The van der Waals surface area contributed by atoms with E-state index in [-0.39, 0.29) is 5.56 Å². The molecule has 0 saturated heterocycles. The quantitative estimate of drug-likeness (QED) is 0.563. The average Bonchev–Trinajstić information content (AvgIpc) is 2.66. The Kier molecular flexibility index (Phi) is 4.01. The van der Waals surface area contributed by atoms with Crippen molar-refractivity contribution in [2.75, 3.05) is 0 Å². The van der Waals surface area contributed by atoms with Crippen LogP contribution in [-0.2, 0) is 6.54 Å². The number of hydrogen-bond donors (Lipinski definition) is 0. The summed E-state index contributed by atoms with van der Waals surface area (Å²) >= 11 is 0. The summed E-state index contributed by atoms with van der Waals surface area (Å²) in [6.07, 6.45) is 1.36. The van der Waals surface area contributed by atoms with Crippen molar-refractivity contribution in [3.8, 4) is 11.5 Å². The van der Waals surface area contributed by atoms with Gasteiger partial charge in [-0.15, -0.1) is 0 Å². The zero-order valence-electron chi connectivity index (χ0n) is 13.5. The van der Waals surface area contributed by atoms with Crippen molar-refractivity contribution in [3.63, 3.8) is 0 Å². The van der Waals surface area contributed by atoms with Gasteiger partial charge in [-0.2, -0.15) is 0 Å². The Morgan fingerprint density at radius 3 is 2.44 bits per heavy atom. The van der Waals surface area contributed by atoms with Gasteiger partial charge in [0, 0.05) is 5.56 Å². The van der Waals surface area contributed by atoms with E-state index in [1.165, 1.54) is 6.20 Å². The van der Waals surface area contributed by atoms with Crippen LogP contribution < -0.4 is 10.3 Å². The van der Waals surface area contributed by atoms with Crippen molar-refractivity contribution >= 4 is 11.0 Å². The fourth-order valence-corrected chi connectivity index (χ4v) is 2.80. The molecule has 4 aromatic rings. The highest BCUT2D eigenvalue weighted by molar-refractivity contribution is 5.74. The van der Waals surface area contributed by atoms with Gasteiger partial charge >= 0.3 is 0 Å². The Hall–Kier alpha value is -3.40. The van der Waals surface area contributed by atoms with Crippen molar-refractivity contribution < 1.29 is 4.74 Å². The molecule has 3 aromatic carbocycles. The van der Waals surface area contributed by atoms with Crippen LogP contribution in [0.2, 0.25) is 0 Å². The molecule has 0 saturated carbocycles. The van der Waals surface area contributed by atoms with Gasteiger partial charge in [-0.3, -0.25) is 4.79 Å². The van der Waals surface area contributed by atoms with Gasteiger partial charge < -0.3 is 9.30 Å². The van der Waals surface area contributed by atoms with E-state index in [4.69, 9.17) is 4.74 Å². The van der Waals surface area contributed by atoms with Crippen LogP contribution in [0.4, 0.5) is 0 Å². The van der Waals surface area contributed by atoms with Crippen molar-refractivity contribution in [3.05, 3.63) is 101 Å². The molecule has 0 atom stereocenters. The van der Waals surface area contributed by atoms with Gasteiger partial charge in [0.15, 0.2) is 0 Å². The van der Waals surface area contributed by atoms with Crippen LogP contribution in [-0.4, -0.2) is 9.55 Å². The molecule has 0 aliphatic carbocycles. The van der Waals surface area contributed by atoms with Crippen LogP contribution >= 0.6 is 0 Å². The van der Waals surface area contributed by atoms with Gasteiger partial charge in [-0.1, -0.05) is 48.5 Å². The van der Waals surface area contributed by atoms with E-state index in [0.717, 1.165) is 28.1 Å². The average molecular weight is 328 g/mol. The third kappa shape index (κ3) is 3.15. The summed E-state index contributed by atoms with van der Waals surface area (Å²) < 4.78 is 7.72. The number of aromatic nitrogens is 2. The van der Waals surface area contributed by atoms with E-state index in [1.54, 1.807) is 4.57 Å². The molecule has 1 heterocycles. The molecule has 0 radical (unpaired) electrons. The third-order valence-electron chi connectivity index (χ3n) is 4.02. The van der Waals surface area contributed by atoms with E-state index in [2.05, 4.69) is 4.98 Å². The maximum Gasteiger partial charge on any atom is 0.269 e. The normalized spacial score (nSPS) is 10.7. The smallest absolute Gasteiger partial charge is 0.269 e. The Morgan fingerprint density at radius 2 is 1.56 bits per heavy atom. The highest BCUT2D eigenvalue weighted by Gasteiger charge is 2.09. The lowest BCUT2D eigenvalue weighted by Crippen LogP contribution is -2.21. The topological polar surface area (TPSA) is 44.1 Å². The Balaban J connectivity index is 1.75. The number of fused-ring (bicyclic) bond motifs is 1. The molecule has 4 rings (SSSR count). The summed E-state index contributed by atoms with van der Waals surface area (Å²) in [4.78, 5) is 16.6. The second kappa shape index (κ2) is 6.61. The van der Waals surface area contributed by atoms with Gasteiger partial charge in [0.05, 0.1) is 23.8 Å². The molecule has 0 bridgehead atoms. The number of rotatable bonds is 4. The van der Waals surface area contributed by atoms with E-state index in [0.29, 0.717) is 6.54 Å². The Labute approximate surface area is 145 Å². The summed E-state index contributed by atoms with van der Waals surface area (Å²) in [5, 5.41) is 0. The fraction of sp³-hybridized carbons (Fsp3) is 0.0476. The standard InChI is InChI=1S/C21H16N2O2/c24-21-14-22-18-11-5-6-12-19(18)23(21)15-16-8-4-7-13-20(16)25-17-9-2-1-3-10-17/h1-14H,15H2. The summed E-state index contributed by atoms with van der Waals surface area (Å²) in [5.74, 6) is 1.50. The van der Waals surface area contributed by atoms with Crippen LogP contribution in [0.5, 0.6) is 11.5 Å². The molecule has 0 aliphatic heterocycles. The molecule has 1 aromatic heterocycles. The Morgan fingerprint density at radius 1 is 0.840 bits per heavy atom. The van der Waals surface area contributed by atoms with Crippen molar-refractivity contribution in [2.45, 2.75) is 6.54 Å². The first-order chi connectivity index (χ1) is 12.3. The van der Waals surface area contributed by atoms with Gasteiger partial charge in [-0.05, 0) is 30.3 Å². The lowest BCUT2D eigenvalue weighted by molar-refractivity contribution is 0.474. The summed E-state index contributed by atoms with van der Waals surface area (Å²) in [6, 6.07) is 25.0. The lowest BCUT2D eigenvalue weighted by atomic mass is 10.2. The van der Waals surface area contributed by atoms with Crippen LogP contribution in [0, 0.1) is 0 Å². The molecule has 4 heteroatoms. The van der Waals surface area contributed by atoms with Crippen LogP contribution in [0.1, 0.15) is 5.56 Å². The van der Waals surface area contributed by atoms with Gasteiger partial charge in [-0.25, -0.2) is 4.98 Å². The van der Waals surface area contributed by atoms with E-state index < -0.39 is 0 Å². The van der Waals surface area contributed by atoms with Crippen molar-refractivity contribution in [1.82, 2.24) is 9.55 Å². The summed E-state index contributed by atoms with van der Waals surface area (Å²) in [5.41, 5.74) is 2.41. The number of nitrogens with zero attached hydrogens (tertiary/aromatic N) is 2. The first-order valence-corrected chi connectivity index (χ1v) is 8.07. The highest BCUT2D eigenvalue weighted by atomic mass is 16.5. The second-order valence-corrected chi connectivity index (χ2v) is 5.69. The van der Waals surface area contributed by atoms with Crippen LogP contribution in [0.15, 0.2) is 89.9 Å². The second-order valence-electron chi connectivity index (χ2n) is 5.69. The Bertz CT molecular complexity index is 1070. The molecule has 0 aliphatic rings. The molecule has 0 N–H and O–H groups in total. The molecule has 25 heavy (non-hydrogen) atoms. The number of benzene rings is 3. The maximum atomic E-state index is 12.4. The molecule has 0 amide bonds. The predicted molar refractivity (Wildman–Crippen MR) is 98.1 cm³/mol. The molecule has 0 fully saturated rings. The number of hydrogen-bond acceptors (Lipinski definition) is 3. The molecular weight excluding hydrogens is 312 g/mol. The molecule has 122 valence electrons. The summed E-state index contributed by atoms with van der Waals surface area (Å²) in [6.45, 7) is 0.422. The molecule has 0 unspecified atom stereocenters. The zero-order valence-corrected chi connectivity index (χ0v) is 13.5. The van der Waals surface area contributed by atoms with Crippen LogP contribution in [0.3, 0.4) is 0 Å². The predicted octanol–water partition coefficient (Wildman–Crippen LogP) is 4.24. The first kappa shape index (κ1) is 15.1. The SMILES string of the molecule is O=c1cnc2ccccc2n1Cc1ccccc1Oc1ccccc1. The van der Waals surface area contributed by atoms with E-state index in [9.17, 15) is 4.79 Å². The molecular formula is C21H16N2O2. The number of ether oxygens (including phenoxy) is 1. The van der Waals surface area contributed by atoms with Crippen molar-refractivity contribution in [2.24, 2.45) is 0 Å². The minimum Gasteiger partial charge on any atom is -0.457 e. The fourth-order valence-electron chi connectivity index (χ4n) is 2.80. The van der Waals surface area contributed by atoms with E-state index >= 15 is 0 Å². The molecule has 0 spiro atoms. The van der Waals surface area contributed by atoms with Crippen molar-refractivity contribution in [1.29, 1.82) is 0 Å². The van der Waals surface area contributed by atoms with Gasteiger partial charge in [0.1, 0.15) is 11.5 Å². The van der Waals surface area contributed by atoms with E-state index in [1.807, 2.05) is 78.9 Å². The first-order valence-electron chi connectivity index (χ1n) is 8.07. The third-order valence-corrected chi connectivity index (χ3v) is 4.02. The lowest BCUT2D eigenvalue weighted by Gasteiger charge is -2.14. The van der Waals surface area contributed by atoms with Crippen LogP contribution in [0.25, 0.3) is 11.0 Å². The maximum absolute atomic E-state index is 12.4. The minimum atomic E-state index is -0.131. The summed E-state index contributed by atoms with van der Waals surface area (Å²) in [7, 11) is 0.